The van der Waals surface area contributed by atoms with Crippen LogP contribution in [0.2, 0.25) is 0 Å². The monoisotopic (exact) mass is 97.0 g/mol. The van der Waals surface area contributed by atoms with Crippen LogP contribution in [0.25, 0.3) is 0 Å². The molecule has 1 radical (unpaired) electrons. The summed E-state index contributed by atoms with van der Waals surface area (Å²) in [5, 5.41) is 8.22. The molecule has 0 atom stereocenters. The minimum atomic E-state index is 0.938. The normalized spacial score (nSPS) is 9.29. The van der Waals surface area contributed by atoms with Crippen LogP contribution in [0.3, 0.4) is 0 Å². The molecule has 1 N–H and O–H groups in total. The van der Waals surface area contributed by atoms with Crippen molar-refractivity contribution in [3.8, 4) is 0 Å². The molecule has 0 spiro atoms. The lowest BCUT2D eigenvalue weighted by atomic mass is 10.9. The molecule has 0 saturated carbocycles. The number of imidazole rings is 1. The van der Waals surface area contributed by atoms with Crippen molar-refractivity contribution in [2.45, 2.75) is 0 Å². The quantitative estimate of drug-likeness (QED) is 0.544. The summed E-state index contributed by atoms with van der Waals surface area (Å²) in [5.41, 5.74) is 0. The second kappa shape index (κ2) is 1.75. The van der Waals surface area contributed by atoms with Crippen LogP contribution >= 0.6 is 0 Å². The van der Waals surface area contributed by atoms with Gasteiger partial charge in [0.15, 0.2) is 6.73 Å². The van der Waals surface area contributed by atoms with Crippen LogP contribution in [-0.2, 0) is 0 Å². The van der Waals surface area contributed by atoms with Gasteiger partial charge in [0.05, 0.1) is 6.33 Å². The molecule has 0 unspecified atom stereocenters. The Balaban J connectivity index is 2.76. The van der Waals surface area contributed by atoms with Gasteiger partial charge in [-0.1, -0.05) is 0 Å². The second-order valence-corrected chi connectivity index (χ2v) is 1.13. The maximum atomic E-state index is 8.22. The Morgan fingerprint density at radius 2 is 2.57 bits per heavy atom. The Morgan fingerprint density at radius 3 is 2.86 bits per heavy atom. The molecule has 1 aromatic rings. The minimum Gasteiger partial charge on any atom is -0.369 e. The van der Waals surface area contributed by atoms with Crippen LogP contribution in [0.5, 0.6) is 0 Å². The van der Waals surface area contributed by atoms with E-state index < -0.39 is 0 Å². The van der Waals surface area contributed by atoms with Gasteiger partial charge >= 0.3 is 0 Å². The van der Waals surface area contributed by atoms with Crippen molar-refractivity contribution >= 4 is 0 Å². The zero-order valence-electron chi connectivity index (χ0n) is 3.65. The Morgan fingerprint density at radius 1 is 1.71 bits per heavy atom. The third-order valence-electron chi connectivity index (χ3n) is 0.658. The van der Waals surface area contributed by atoms with Gasteiger partial charge in [-0.05, 0) is 0 Å². The first-order valence-corrected chi connectivity index (χ1v) is 1.88. The summed E-state index contributed by atoms with van der Waals surface area (Å²) in [4.78, 5) is 3.66. The Bertz CT molecular complexity index is 124. The van der Waals surface area contributed by atoms with Crippen LogP contribution in [0.1, 0.15) is 0 Å². The molecule has 1 aromatic heterocycles. The van der Waals surface area contributed by atoms with E-state index in [4.69, 9.17) is 5.11 Å². The Hall–Kier alpha value is -0.830. The van der Waals surface area contributed by atoms with Gasteiger partial charge in [0.2, 0.25) is 0 Å². The topological polar surface area (TPSA) is 38.0 Å². The van der Waals surface area contributed by atoms with Crippen LogP contribution < -0.4 is 0 Å². The van der Waals surface area contributed by atoms with E-state index in [-0.39, 0.29) is 0 Å². The summed E-state index contributed by atoms with van der Waals surface area (Å²) in [5.74, 6) is 0. The average Bonchev–Trinajstić information content (AvgIpc) is 2.14. The molecule has 0 aromatic carbocycles. The van der Waals surface area contributed by atoms with Crippen LogP contribution in [-0.4, -0.2) is 14.7 Å². The summed E-state index contributed by atoms with van der Waals surface area (Å²) in [6.45, 7) is 0.938. The number of aliphatic hydroxyl groups excluding tert-OH is 1. The highest BCUT2D eigenvalue weighted by molar-refractivity contribution is 4.76. The molecule has 0 aliphatic rings. The molecule has 1 rings (SSSR count). The summed E-state index contributed by atoms with van der Waals surface area (Å²) in [6, 6.07) is 0. The van der Waals surface area contributed by atoms with E-state index in [0.717, 1.165) is 6.73 Å². The predicted molar refractivity (Wildman–Crippen MR) is 23.9 cm³/mol. The van der Waals surface area contributed by atoms with Crippen LogP contribution in [0, 0.1) is 6.73 Å². The van der Waals surface area contributed by atoms with Crippen molar-refractivity contribution in [1.29, 1.82) is 0 Å². The van der Waals surface area contributed by atoms with Gasteiger partial charge in [-0.3, -0.25) is 0 Å². The maximum Gasteiger partial charge on any atom is 0.177 e. The predicted octanol–water partition coefficient (Wildman–Crippen LogP) is 0.223. The van der Waals surface area contributed by atoms with Crippen molar-refractivity contribution in [3.05, 3.63) is 25.5 Å². The summed E-state index contributed by atoms with van der Waals surface area (Å²) < 4.78 is 1.44. The fraction of sp³-hybridized carbons (Fsp3) is 0. The van der Waals surface area contributed by atoms with Crippen molar-refractivity contribution in [1.82, 2.24) is 9.55 Å². The highest BCUT2D eigenvalue weighted by atomic mass is 16.3. The lowest BCUT2D eigenvalue weighted by Crippen LogP contribution is -1.86. The average molecular weight is 97.1 g/mol. The van der Waals surface area contributed by atoms with Gasteiger partial charge in [-0.25, -0.2) is 4.98 Å². The van der Waals surface area contributed by atoms with Crippen molar-refractivity contribution in [2.24, 2.45) is 0 Å². The number of aromatic nitrogens is 2. The van der Waals surface area contributed by atoms with Crippen LogP contribution in [0.4, 0.5) is 0 Å². The largest absolute Gasteiger partial charge is 0.369 e. The first-order chi connectivity index (χ1) is 3.43. The van der Waals surface area contributed by atoms with Crippen molar-refractivity contribution in [2.75, 3.05) is 0 Å². The number of nitrogens with zero attached hydrogens (tertiary/aromatic N) is 2. The van der Waals surface area contributed by atoms with Crippen molar-refractivity contribution in [3.63, 3.8) is 0 Å². The third kappa shape index (κ3) is 0.778. The lowest BCUT2D eigenvalue weighted by Gasteiger charge is -1.85. The van der Waals surface area contributed by atoms with E-state index in [1.807, 2.05) is 0 Å². The zero-order valence-corrected chi connectivity index (χ0v) is 3.65. The van der Waals surface area contributed by atoms with Gasteiger partial charge < -0.3 is 9.67 Å². The standard InChI is InChI=1S/C4H5N2O/c7-4-6-2-1-5-3-6/h1-4,7H. The fourth-order valence-corrected chi connectivity index (χ4v) is 0.338. The highest BCUT2D eigenvalue weighted by Crippen LogP contribution is 1.81. The molecule has 1 heterocycles. The Labute approximate surface area is 41.2 Å². The van der Waals surface area contributed by atoms with E-state index in [0.29, 0.717) is 0 Å². The number of rotatable bonds is 1. The summed E-state index contributed by atoms with van der Waals surface area (Å²) in [7, 11) is 0. The molecule has 0 fully saturated rings. The molecular formula is C4H5N2O. The van der Waals surface area contributed by atoms with Gasteiger partial charge in [-0.15, -0.1) is 0 Å². The maximum absolute atomic E-state index is 8.22. The SMILES string of the molecule is O[CH]n1ccnc1. The summed E-state index contributed by atoms with van der Waals surface area (Å²) >= 11 is 0. The van der Waals surface area contributed by atoms with Gasteiger partial charge in [0.1, 0.15) is 0 Å². The molecular weight excluding hydrogens is 92.1 g/mol. The van der Waals surface area contributed by atoms with E-state index >= 15 is 0 Å². The zero-order chi connectivity index (χ0) is 5.11. The van der Waals surface area contributed by atoms with Gasteiger partial charge in [0.25, 0.3) is 0 Å². The molecule has 0 amide bonds. The van der Waals surface area contributed by atoms with Gasteiger partial charge in [-0.2, -0.15) is 0 Å². The fourth-order valence-electron chi connectivity index (χ4n) is 0.338. The first-order valence-electron chi connectivity index (χ1n) is 1.88. The molecule has 0 aliphatic heterocycles. The molecule has 0 saturated heterocycles. The minimum absolute atomic E-state index is 0.938. The van der Waals surface area contributed by atoms with Gasteiger partial charge in [0, 0.05) is 12.4 Å². The van der Waals surface area contributed by atoms with Crippen molar-refractivity contribution < 1.29 is 5.11 Å². The molecule has 7 heavy (non-hydrogen) atoms. The molecule has 3 heteroatoms. The third-order valence-corrected chi connectivity index (χ3v) is 0.658. The summed E-state index contributed by atoms with van der Waals surface area (Å²) in [6.07, 6.45) is 4.73. The molecule has 37 valence electrons. The second-order valence-electron chi connectivity index (χ2n) is 1.13. The lowest BCUT2D eigenvalue weighted by molar-refractivity contribution is 0.359. The highest BCUT2D eigenvalue weighted by Gasteiger charge is 1.79. The number of hydrogen-bond acceptors (Lipinski definition) is 2. The van der Waals surface area contributed by atoms with E-state index in [1.165, 1.54) is 10.9 Å². The van der Waals surface area contributed by atoms with E-state index in [2.05, 4.69) is 4.98 Å². The Kier molecular flexibility index (Phi) is 1.08. The molecule has 0 bridgehead atoms. The van der Waals surface area contributed by atoms with Crippen LogP contribution in [0.15, 0.2) is 18.7 Å². The first kappa shape index (κ1) is 4.33. The molecule has 3 nitrogen and oxygen atoms in total. The smallest absolute Gasteiger partial charge is 0.177 e. The molecule has 0 aliphatic carbocycles. The number of aliphatic hydroxyl groups is 1. The van der Waals surface area contributed by atoms with E-state index in [1.54, 1.807) is 12.4 Å². The number of hydrogen-bond donors (Lipinski definition) is 1. The van der Waals surface area contributed by atoms with E-state index in [9.17, 15) is 0 Å².